The van der Waals surface area contributed by atoms with E-state index in [4.69, 9.17) is 24.3 Å². The quantitative estimate of drug-likeness (QED) is 0.0265. The highest BCUT2D eigenvalue weighted by molar-refractivity contribution is 7.47. The number of esters is 2. The lowest BCUT2D eigenvalue weighted by atomic mass is 10.0. The van der Waals surface area contributed by atoms with E-state index in [9.17, 15) is 19.0 Å². The normalized spacial score (nSPS) is 13.7. The van der Waals surface area contributed by atoms with Crippen molar-refractivity contribution < 1.29 is 37.6 Å². The highest BCUT2D eigenvalue weighted by atomic mass is 31.2. The van der Waals surface area contributed by atoms with Gasteiger partial charge in [-0.3, -0.25) is 18.6 Å². The van der Waals surface area contributed by atoms with Crippen molar-refractivity contribution in [1.82, 2.24) is 0 Å². The molecule has 2 unspecified atom stereocenters. The van der Waals surface area contributed by atoms with E-state index < -0.39 is 32.5 Å². The number of nitrogens with two attached hydrogens (primary N) is 1. The SMILES string of the molecule is CC/C=C\C/C=C\C/C=C\C/C=C\CCC(=O)OC(COC(=O)CCCCCCCCCCCCCCCCCCCCC/C=C\C/C=C\CCCCCCC)COP(=O)(O)OCCN. The van der Waals surface area contributed by atoms with E-state index in [1.807, 2.05) is 12.2 Å². The zero-order chi connectivity index (χ0) is 47.4. The van der Waals surface area contributed by atoms with E-state index in [1.165, 1.54) is 148 Å². The van der Waals surface area contributed by atoms with Crippen LogP contribution in [-0.4, -0.2) is 49.3 Å². The zero-order valence-corrected chi connectivity index (χ0v) is 42.6. The molecule has 0 radical (unpaired) electrons. The van der Waals surface area contributed by atoms with Gasteiger partial charge in [0, 0.05) is 19.4 Å². The molecule has 0 bridgehead atoms. The summed E-state index contributed by atoms with van der Waals surface area (Å²) in [5.74, 6) is -0.921. The Morgan fingerprint density at radius 1 is 0.477 bits per heavy atom. The molecule has 0 rings (SSSR count). The molecule has 0 aliphatic rings. The van der Waals surface area contributed by atoms with E-state index in [1.54, 1.807) is 0 Å². The predicted octanol–water partition coefficient (Wildman–Crippen LogP) is 16.2. The van der Waals surface area contributed by atoms with E-state index in [0.717, 1.165) is 51.4 Å². The molecule has 0 spiro atoms. The van der Waals surface area contributed by atoms with E-state index in [-0.39, 0.29) is 32.6 Å². The molecular formula is C55H98NO8P. The molecular weight excluding hydrogens is 834 g/mol. The summed E-state index contributed by atoms with van der Waals surface area (Å²) in [6, 6.07) is 0. The van der Waals surface area contributed by atoms with Gasteiger partial charge in [-0.25, -0.2) is 4.57 Å². The van der Waals surface area contributed by atoms with Crippen LogP contribution in [0, 0.1) is 0 Å². The lowest BCUT2D eigenvalue weighted by molar-refractivity contribution is -0.161. The minimum atomic E-state index is -4.40. The summed E-state index contributed by atoms with van der Waals surface area (Å²) in [5, 5.41) is 0. The number of carbonyl (C=O) groups is 2. The maximum Gasteiger partial charge on any atom is 0.472 e. The first-order valence-electron chi connectivity index (χ1n) is 26.4. The number of ether oxygens (including phenoxy) is 2. The Morgan fingerprint density at radius 2 is 0.877 bits per heavy atom. The number of unbranched alkanes of at least 4 members (excludes halogenated alkanes) is 24. The van der Waals surface area contributed by atoms with Gasteiger partial charge in [0.1, 0.15) is 6.61 Å². The van der Waals surface area contributed by atoms with Crippen molar-refractivity contribution >= 4 is 19.8 Å². The molecule has 0 aromatic rings. The van der Waals surface area contributed by atoms with Gasteiger partial charge in [0.2, 0.25) is 0 Å². The molecule has 0 aromatic carbocycles. The van der Waals surface area contributed by atoms with Gasteiger partial charge in [0.15, 0.2) is 6.10 Å². The number of hydrogen-bond acceptors (Lipinski definition) is 8. The third-order valence-corrected chi connectivity index (χ3v) is 12.1. The van der Waals surface area contributed by atoms with Crippen molar-refractivity contribution in [2.24, 2.45) is 5.73 Å². The third-order valence-electron chi connectivity index (χ3n) is 11.1. The van der Waals surface area contributed by atoms with Gasteiger partial charge in [-0.1, -0.05) is 222 Å². The Kier molecular flexibility index (Phi) is 48.9. The third kappa shape index (κ3) is 50.7. The van der Waals surface area contributed by atoms with Crippen LogP contribution in [0.2, 0.25) is 0 Å². The maximum atomic E-state index is 12.6. The molecule has 0 aromatic heterocycles. The number of phosphoric ester groups is 1. The summed E-state index contributed by atoms with van der Waals surface area (Å²) < 4.78 is 32.8. The predicted molar refractivity (Wildman–Crippen MR) is 275 cm³/mol. The first-order chi connectivity index (χ1) is 31.8. The number of hydrogen-bond donors (Lipinski definition) is 2. The first-order valence-corrected chi connectivity index (χ1v) is 27.9. The molecule has 0 fully saturated rings. The zero-order valence-electron chi connectivity index (χ0n) is 41.7. The second kappa shape index (κ2) is 50.9. The van der Waals surface area contributed by atoms with Crippen molar-refractivity contribution in [3.8, 4) is 0 Å². The van der Waals surface area contributed by atoms with Crippen LogP contribution in [-0.2, 0) is 32.7 Å². The van der Waals surface area contributed by atoms with Gasteiger partial charge in [-0.15, -0.1) is 0 Å². The van der Waals surface area contributed by atoms with Crippen molar-refractivity contribution in [3.05, 3.63) is 72.9 Å². The Balaban J connectivity index is 3.91. The minimum absolute atomic E-state index is 0.0409. The van der Waals surface area contributed by atoms with Crippen molar-refractivity contribution in [3.63, 3.8) is 0 Å². The van der Waals surface area contributed by atoms with Crippen LogP contribution in [0.15, 0.2) is 72.9 Å². The summed E-state index contributed by atoms with van der Waals surface area (Å²) >= 11 is 0. The van der Waals surface area contributed by atoms with Gasteiger partial charge in [0.25, 0.3) is 0 Å². The van der Waals surface area contributed by atoms with Crippen LogP contribution < -0.4 is 5.73 Å². The summed E-state index contributed by atoms with van der Waals surface area (Å²) in [6.07, 6.45) is 64.2. The molecule has 9 nitrogen and oxygen atoms in total. The number of carbonyl (C=O) groups excluding carboxylic acids is 2. The largest absolute Gasteiger partial charge is 0.472 e. The summed E-state index contributed by atoms with van der Waals surface area (Å²) in [6.45, 7) is 3.53. The minimum Gasteiger partial charge on any atom is -0.462 e. The molecule has 10 heteroatoms. The number of rotatable bonds is 49. The average Bonchev–Trinajstić information content (AvgIpc) is 3.30. The van der Waals surface area contributed by atoms with Crippen molar-refractivity contribution in [2.45, 2.75) is 238 Å². The topological polar surface area (TPSA) is 134 Å². The number of allylic oxidation sites excluding steroid dienone is 12. The molecule has 0 saturated carbocycles. The van der Waals surface area contributed by atoms with Crippen LogP contribution >= 0.6 is 7.82 Å². The van der Waals surface area contributed by atoms with Crippen LogP contribution in [0.1, 0.15) is 232 Å². The Morgan fingerprint density at radius 3 is 1.32 bits per heavy atom. The van der Waals surface area contributed by atoms with Crippen LogP contribution in [0.3, 0.4) is 0 Å². The van der Waals surface area contributed by atoms with Gasteiger partial charge >= 0.3 is 19.8 Å². The molecule has 0 aliphatic carbocycles. The summed E-state index contributed by atoms with van der Waals surface area (Å²) in [5.41, 5.74) is 5.35. The van der Waals surface area contributed by atoms with Gasteiger partial charge in [0.05, 0.1) is 13.2 Å². The van der Waals surface area contributed by atoms with Crippen LogP contribution in [0.25, 0.3) is 0 Å². The van der Waals surface area contributed by atoms with Gasteiger partial charge in [-0.2, -0.15) is 0 Å². The molecule has 0 saturated heterocycles. The van der Waals surface area contributed by atoms with Gasteiger partial charge < -0.3 is 20.1 Å². The second-order valence-electron chi connectivity index (χ2n) is 17.4. The fraction of sp³-hybridized carbons (Fsp3) is 0.745. The molecule has 0 amide bonds. The molecule has 2 atom stereocenters. The van der Waals surface area contributed by atoms with Crippen LogP contribution in [0.4, 0.5) is 0 Å². The fourth-order valence-electron chi connectivity index (χ4n) is 7.21. The molecule has 376 valence electrons. The standard InChI is InChI=1S/C55H98NO8P/c1-3-5-7-9-11-13-15-17-18-19-20-21-22-23-24-25-26-27-28-29-30-31-32-33-34-36-37-39-41-43-45-47-54(57)61-51-53(52-63-65(59,60)62-50-49-56)64-55(58)48-46-44-42-40-38-35-16-14-12-10-8-6-4-2/h6,8,12,14-15,17,19-20,35,38,42,44,53H,3-5,7,9-11,13,16,18,21-34,36-37,39-41,43,45-52,56H2,1-2H3,(H,59,60)/b8-6-,14-12-,17-15-,20-19-,38-35-,44-42-. The van der Waals surface area contributed by atoms with Gasteiger partial charge in [-0.05, 0) is 70.6 Å². The molecule has 0 heterocycles. The van der Waals surface area contributed by atoms with E-state index in [0.29, 0.717) is 6.42 Å². The summed E-state index contributed by atoms with van der Waals surface area (Å²) in [7, 11) is -4.40. The van der Waals surface area contributed by atoms with Crippen molar-refractivity contribution in [2.75, 3.05) is 26.4 Å². The maximum absolute atomic E-state index is 12.6. The Hall–Kier alpha value is -2.55. The number of phosphoric acid groups is 1. The second-order valence-corrected chi connectivity index (χ2v) is 18.8. The monoisotopic (exact) mass is 932 g/mol. The summed E-state index contributed by atoms with van der Waals surface area (Å²) in [4.78, 5) is 34.9. The van der Waals surface area contributed by atoms with E-state index in [2.05, 4.69) is 74.6 Å². The van der Waals surface area contributed by atoms with Crippen LogP contribution in [0.5, 0.6) is 0 Å². The van der Waals surface area contributed by atoms with Crippen molar-refractivity contribution in [1.29, 1.82) is 0 Å². The molecule has 65 heavy (non-hydrogen) atoms. The lowest BCUT2D eigenvalue weighted by Crippen LogP contribution is -2.29. The lowest BCUT2D eigenvalue weighted by Gasteiger charge is -2.19. The Bertz CT molecular complexity index is 1290. The average molecular weight is 932 g/mol. The first kappa shape index (κ1) is 62.4. The fourth-order valence-corrected chi connectivity index (χ4v) is 7.97. The molecule has 3 N–H and O–H groups in total. The Labute approximate surface area is 399 Å². The highest BCUT2D eigenvalue weighted by Crippen LogP contribution is 2.43. The smallest absolute Gasteiger partial charge is 0.462 e. The molecule has 0 aliphatic heterocycles. The highest BCUT2D eigenvalue weighted by Gasteiger charge is 2.26. The van der Waals surface area contributed by atoms with E-state index >= 15 is 0 Å².